The summed E-state index contributed by atoms with van der Waals surface area (Å²) in [6.45, 7) is 1.99. The highest BCUT2D eigenvalue weighted by Crippen LogP contribution is 2.41. The molecule has 0 spiro atoms. The van der Waals surface area contributed by atoms with Crippen LogP contribution in [0.3, 0.4) is 0 Å². The minimum atomic E-state index is -0.410. The van der Waals surface area contributed by atoms with Gasteiger partial charge in [-0.2, -0.15) is 0 Å². The van der Waals surface area contributed by atoms with Crippen LogP contribution in [0.1, 0.15) is 50.5 Å². The molecule has 3 aliphatic rings. The molecule has 0 amide bonds. The van der Waals surface area contributed by atoms with Crippen molar-refractivity contribution in [2.24, 2.45) is 0 Å². The lowest BCUT2D eigenvalue weighted by molar-refractivity contribution is -0.138. The van der Waals surface area contributed by atoms with E-state index in [1.165, 1.54) is 0 Å². The molecule has 0 fully saturated rings. The second-order valence-corrected chi connectivity index (χ2v) is 8.54. The van der Waals surface area contributed by atoms with Crippen molar-refractivity contribution in [3.05, 3.63) is 75.1 Å². The van der Waals surface area contributed by atoms with Gasteiger partial charge < -0.3 is 14.8 Å². The number of allylic oxidation sites excluding steroid dienone is 5. The molecule has 6 heteroatoms. The van der Waals surface area contributed by atoms with E-state index >= 15 is 0 Å². The maximum absolute atomic E-state index is 13.0. The van der Waals surface area contributed by atoms with Gasteiger partial charge in [-0.1, -0.05) is 42.0 Å². The van der Waals surface area contributed by atoms with Crippen molar-refractivity contribution < 1.29 is 19.1 Å². The zero-order valence-corrected chi connectivity index (χ0v) is 18.6. The Morgan fingerprint density at radius 3 is 2.84 bits per heavy atom. The molecule has 5 nitrogen and oxygen atoms in total. The fraction of sp³-hybridized carbons (Fsp3) is 0.360. The average Bonchev–Trinajstić information content (AvgIpc) is 2.77. The van der Waals surface area contributed by atoms with E-state index in [1.807, 2.05) is 43.3 Å². The Bertz CT molecular complexity index is 1050. The van der Waals surface area contributed by atoms with E-state index in [-0.39, 0.29) is 18.3 Å². The summed E-state index contributed by atoms with van der Waals surface area (Å²) in [5, 5.41) is 4.04. The number of para-hydroxylation sites is 1. The molecule has 0 radical (unpaired) electrons. The van der Waals surface area contributed by atoms with Gasteiger partial charge in [-0.15, -0.1) is 0 Å². The van der Waals surface area contributed by atoms with E-state index in [4.69, 9.17) is 21.1 Å². The first kappa shape index (κ1) is 21.4. The maximum Gasteiger partial charge on any atom is 0.336 e. The van der Waals surface area contributed by atoms with E-state index in [9.17, 15) is 9.59 Å². The lowest BCUT2D eigenvalue weighted by atomic mass is 9.78. The molecule has 31 heavy (non-hydrogen) atoms. The molecule has 0 bridgehead atoms. The standard InChI is InChI=1S/C25H26ClNO4/c1-15-19(25(29)31-14-16-7-3-5-9-21(16)26)13-20-22(27-15)11-17(12-23(20)28)18-8-4-6-10-24(18)30-2/h3-4,6-8,10,17,27H,5,9,11-14H2,1-2H3/t17-/m1/s1. The van der Waals surface area contributed by atoms with Crippen LogP contribution in [0.15, 0.2) is 69.6 Å². The van der Waals surface area contributed by atoms with Crippen molar-refractivity contribution in [3.63, 3.8) is 0 Å². The van der Waals surface area contributed by atoms with Crippen molar-refractivity contribution >= 4 is 23.4 Å². The number of esters is 1. The molecule has 1 aliphatic heterocycles. The predicted octanol–water partition coefficient (Wildman–Crippen LogP) is 5.05. The number of Topliss-reactive ketones (excluding diaryl/α,β-unsaturated/α-hetero) is 1. The van der Waals surface area contributed by atoms with Crippen molar-refractivity contribution in [1.82, 2.24) is 5.32 Å². The first-order chi connectivity index (χ1) is 15.0. The quantitative estimate of drug-likeness (QED) is 0.650. The van der Waals surface area contributed by atoms with Crippen LogP contribution in [0.5, 0.6) is 5.75 Å². The number of carbonyl (C=O) groups excluding carboxylic acids is 2. The zero-order chi connectivity index (χ0) is 22.0. The lowest BCUT2D eigenvalue weighted by Crippen LogP contribution is -2.31. The van der Waals surface area contributed by atoms with Gasteiger partial charge in [0.2, 0.25) is 0 Å². The molecular weight excluding hydrogens is 414 g/mol. The van der Waals surface area contributed by atoms with Crippen LogP contribution in [0.25, 0.3) is 0 Å². The maximum atomic E-state index is 13.0. The number of ketones is 1. The summed E-state index contributed by atoms with van der Waals surface area (Å²) in [6, 6.07) is 7.81. The molecular formula is C25H26ClNO4. The van der Waals surface area contributed by atoms with E-state index in [0.29, 0.717) is 30.4 Å². The third-order valence-electron chi connectivity index (χ3n) is 6.11. The minimum absolute atomic E-state index is 0.0448. The van der Waals surface area contributed by atoms with E-state index < -0.39 is 5.97 Å². The summed E-state index contributed by atoms with van der Waals surface area (Å²) < 4.78 is 11.0. The fourth-order valence-electron chi connectivity index (χ4n) is 4.39. The number of dihydropyridines is 1. The van der Waals surface area contributed by atoms with Crippen molar-refractivity contribution in [1.29, 1.82) is 0 Å². The van der Waals surface area contributed by atoms with Gasteiger partial charge in [0.15, 0.2) is 5.78 Å². The molecule has 162 valence electrons. The monoisotopic (exact) mass is 439 g/mol. The van der Waals surface area contributed by atoms with Gasteiger partial charge in [-0.3, -0.25) is 4.79 Å². The van der Waals surface area contributed by atoms with Gasteiger partial charge in [0.05, 0.1) is 12.7 Å². The number of halogens is 1. The van der Waals surface area contributed by atoms with Gasteiger partial charge in [-0.25, -0.2) is 4.79 Å². The third-order valence-corrected chi connectivity index (χ3v) is 6.54. The van der Waals surface area contributed by atoms with Gasteiger partial charge in [0.1, 0.15) is 12.4 Å². The van der Waals surface area contributed by atoms with Gasteiger partial charge >= 0.3 is 5.97 Å². The lowest BCUT2D eigenvalue weighted by Gasteiger charge is -2.32. The van der Waals surface area contributed by atoms with Crippen LogP contribution < -0.4 is 10.1 Å². The van der Waals surface area contributed by atoms with E-state index in [0.717, 1.165) is 46.2 Å². The number of hydrogen-bond acceptors (Lipinski definition) is 5. The Morgan fingerprint density at radius 2 is 2.06 bits per heavy atom. The molecule has 1 heterocycles. The summed E-state index contributed by atoms with van der Waals surface area (Å²) in [7, 11) is 1.64. The van der Waals surface area contributed by atoms with Crippen LogP contribution >= 0.6 is 11.6 Å². The Hall–Kier alpha value is -2.79. The molecule has 2 aliphatic carbocycles. The van der Waals surface area contributed by atoms with E-state index in [2.05, 4.69) is 5.32 Å². The molecule has 1 aromatic rings. The number of nitrogens with one attached hydrogen (secondary N) is 1. The molecule has 0 saturated heterocycles. The normalized spacial score (nSPS) is 21.1. The summed E-state index contributed by atoms with van der Waals surface area (Å²) in [5.74, 6) is 0.486. The summed E-state index contributed by atoms with van der Waals surface area (Å²) in [5.41, 5.74) is 4.66. The second kappa shape index (κ2) is 9.15. The molecule has 0 unspecified atom stereocenters. The smallest absolute Gasteiger partial charge is 0.336 e. The Balaban J connectivity index is 1.47. The topological polar surface area (TPSA) is 64.6 Å². The van der Waals surface area contributed by atoms with Crippen LogP contribution in [-0.4, -0.2) is 25.5 Å². The SMILES string of the molecule is COc1ccccc1[C@H]1CC(=O)C2=C(C1)NC(C)=C(C(=O)OCC1=C(Cl)CCC=C1)C2. The molecule has 1 N–H and O–H groups in total. The highest BCUT2D eigenvalue weighted by Gasteiger charge is 2.34. The first-order valence-electron chi connectivity index (χ1n) is 10.5. The number of ether oxygens (including phenoxy) is 2. The van der Waals surface area contributed by atoms with Gasteiger partial charge in [0, 0.05) is 46.3 Å². The van der Waals surface area contributed by atoms with Crippen molar-refractivity contribution in [2.75, 3.05) is 13.7 Å². The van der Waals surface area contributed by atoms with Crippen LogP contribution in [0, 0.1) is 0 Å². The Labute approximate surface area is 187 Å². The van der Waals surface area contributed by atoms with E-state index in [1.54, 1.807) is 7.11 Å². The van der Waals surface area contributed by atoms with Crippen molar-refractivity contribution in [2.45, 2.75) is 44.9 Å². The number of rotatable bonds is 5. The fourth-order valence-corrected chi connectivity index (χ4v) is 4.62. The average molecular weight is 440 g/mol. The summed E-state index contributed by atoms with van der Waals surface area (Å²) in [4.78, 5) is 25.7. The number of hydrogen-bond donors (Lipinski definition) is 1. The summed E-state index contributed by atoms with van der Waals surface area (Å²) in [6.07, 6.45) is 7.00. The van der Waals surface area contributed by atoms with Crippen LogP contribution in [-0.2, 0) is 14.3 Å². The molecule has 0 aromatic heterocycles. The molecule has 1 aromatic carbocycles. The Morgan fingerprint density at radius 1 is 1.26 bits per heavy atom. The molecule has 4 rings (SSSR count). The molecule has 1 atom stereocenters. The van der Waals surface area contributed by atoms with Gasteiger partial charge in [-0.05, 0) is 37.8 Å². The zero-order valence-electron chi connectivity index (χ0n) is 17.8. The number of methoxy groups -OCH3 is 1. The minimum Gasteiger partial charge on any atom is -0.496 e. The summed E-state index contributed by atoms with van der Waals surface area (Å²) >= 11 is 6.23. The molecule has 0 saturated carbocycles. The highest BCUT2D eigenvalue weighted by atomic mass is 35.5. The number of carbonyl (C=O) groups is 2. The third kappa shape index (κ3) is 4.47. The Kier molecular flexibility index (Phi) is 6.33. The second-order valence-electron chi connectivity index (χ2n) is 8.08. The first-order valence-corrected chi connectivity index (χ1v) is 10.9. The van der Waals surface area contributed by atoms with Crippen LogP contribution in [0.4, 0.5) is 0 Å². The number of benzene rings is 1. The van der Waals surface area contributed by atoms with Gasteiger partial charge in [0.25, 0.3) is 0 Å². The largest absolute Gasteiger partial charge is 0.496 e. The predicted molar refractivity (Wildman–Crippen MR) is 120 cm³/mol. The van der Waals surface area contributed by atoms with Crippen molar-refractivity contribution in [3.8, 4) is 5.75 Å². The highest BCUT2D eigenvalue weighted by molar-refractivity contribution is 6.30. The van der Waals surface area contributed by atoms with Crippen LogP contribution in [0.2, 0.25) is 0 Å².